The Morgan fingerprint density at radius 2 is 1.38 bits per heavy atom. The summed E-state index contributed by atoms with van der Waals surface area (Å²) in [5.41, 5.74) is 0.563. The lowest BCUT2D eigenvalue weighted by Gasteiger charge is -2.05. The summed E-state index contributed by atoms with van der Waals surface area (Å²) in [6.07, 6.45) is 0. The van der Waals surface area contributed by atoms with Gasteiger partial charge in [0.2, 0.25) is 9.84 Å². The molecule has 0 heterocycles. The van der Waals surface area contributed by atoms with Crippen molar-refractivity contribution in [2.75, 3.05) is 14.1 Å². The van der Waals surface area contributed by atoms with Gasteiger partial charge in [0.05, 0.1) is 15.5 Å². The second kappa shape index (κ2) is 5.92. The van der Waals surface area contributed by atoms with E-state index in [1.54, 1.807) is 31.2 Å². The smallest absolute Gasteiger partial charge is 0.206 e. The molecule has 6 nitrogen and oxygen atoms in total. The lowest BCUT2D eigenvalue weighted by atomic mass is 10.3. The van der Waals surface area contributed by atoms with E-state index in [1.165, 1.54) is 36.4 Å². The van der Waals surface area contributed by atoms with Crippen LogP contribution in [0, 0.1) is 0 Å². The van der Waals surface area contributed by atoms with Crippen molar-refractivity contribution in [1.82, 2.24) is 5.01 Å². The lowest BCUT2D eigenvalue weighted by Crippen LogP contribution is -2.01. The van der Waals surface area contributed by atoms with Gasteiger partial charge in [-0.25, -0.2) is 8.42 Å². The molecule has 0 aliphatic carbocycles. The number of rotatable bonds is 4. The zero-order chi connectivity index (χ0) is 15.5. The Morgan fingerprint density at radius 3 is 1.86 bits per heavy atom. The molecule has 7 heteroatoms. The summed E-state index contributed by atoms with van der Waals surface area (Å²) in [5.74, 6) is 0.0217. The fraction of sp³-hybridized carbons (Fsp3) is 0.143. The van der Waals surface area contributed by atoms with Crippen LogP contribution in [0.1, 0.15) is 0 Å². The van der Waals surface area contributed by atoms with Crippen molar-refractivity contribution in [3.05, 3.63) is 48.5 Å². The van der Waals surface area contributed by atoms with Gasteiger partial charge in [-0.1, -0.05) is 5.22 Å². The zero-order valence-electron chi connectivity index (χ0n) is 11.6. The highest BCUT2D eigenvalue weighted by Crippen LogP contribution is 2.24. The molecule has 2 aromatic carbocycles. The van der Waals surface area contributed by atoms with Crippen LogP contribution in [-0.2, 0) is 9.84 Å². The minimum atomic E-state index is -3.60. The summed E-state index contributed by atoms with van der Waals surface area (Å²) in [6.45, 7) is 0. The Labute approximate surface area is 123 Å². The number of hydrogen-bond donors (Lipinski definition) is 1. The average Bonchev–Trinajstić information content (AvgIpc) is 2.46. The number of sulfone groups is 1. The molecule has 0 aromatic heterocycles. The van der Waals surface area contributed by atoms with E-state index in [4.69, 9.17) is 0 Å². The minimum absolute atomic E-state index is 0.0217. The third-order valence-electron chi connectivity index (χ3n) is 2.63. The summed E-state index contributed by atoms with van der Waals surface area (Å²) < 4.78 is 24.8. The van der Waals surface area contributed by atoms with Crippen LogP contribution in [0.2, 0.25) is 0 Å². The van der Waals surface area contributed by atoms with Crippen molar-refractivity contribution >= 4 is 15.5 Å². The van der Waals surface area contributed by atoms with Gasteiger partial charge >= 0.3 is 0 Å². The van der Waals surface area contributed by atoms with Crippen LogP contribution in [-0.4, -0.2) is 32.6 Å². The monoisotopic (exact) mass is 305 g/mol. The fourth-order valence-electron chi connectivity index (χ4n) is 1.59. The quantitative estimate of drug-likeness (QED) is 0.695. The van der Waals surface area contributed by atoms with Crippen molar-refractivity contribution < 1.29 is 13.5 Å². The van der Waals surface area contributed by atoms with Crippen LogP contribution >= 0.6 is 0 Å². The molecular weight excluding hydrogens is 290 g/mol. The maximum Gasteiger partial charge on any atom is 0.206 e. The molecule has 0 atom stereocenters. The minimum Gasteiger partial charge on any atom is -0.508 e. The molecule has 1 N–H and O–H groups in total. The maximum absolute atomic E-state index is 12.4. The molecule has 0 saturated carbocycles. The number of nitrogens with zero attached hydrogens (tertiary/aromatic N) is 3. The lowest BCUT2D eigenvalue weighted by molar-refractivity contribution is 0.408. The van der Waals surface area contributed by atoms with Crippen molar-refractivity contribution in [1.29, 1.82) is 0 Å². The molecule has 0 spiro atoms. The van der Waals surface area contributed by atoms with Gasteiger partial charge in [0.15, 0.2) is 0 Å². The Morgan fingerprint density at radius 1 is 0.905 bits per heavy atom. The molecule has 0 aliphatic heterocycles. The van der Waals surface area contributed by atoms with Gasteiger partial charge in [0.25, 0.3) is 0 Å². The summed E-state index contributed by atoms with van der Waals surface area (Å²) in [6, 6.07) is 11.5. The highest BCUT2D eigenvalue weighted by atomic mass is 32.2. The van der Waals surface area contributed by atoms with Crippen molar-refractivity contribution in [3.8, 4) is 5.75 Å². The van der Waals surface area contributed by atoms with Gasteiger partial charge in [0, 0.05) is 14.1 Å². The molecule has 21 heavy (non-hydrogen) atoms. The second-order valence-electron chi connectivity index (χ2n) is 4.53. The number of benzene rings is 2. The Bertz CT molecular complexity index is 736. The molecule has 0 unspecified atom stereocenters. The van der Waals surface area contributed by atoms with E-state index < -0.39 is 9.84 Å². The van der Waals surface area contributed by atoms with E-state index in [1.807, 2.05) is 0 Å². The average molecular weight is 305 g/mol. The maximum atomic E-state index is 12.4. The number of phenols is 1. The van der Waals surface area contributed by atoms with Crippen LogP contribution in [0.5, 0.6) is 5.75 Å². The Kier molecular flexibility index (Phi) is 4.23. The van der Waals surface area contributed by atoms with E-state index in [0.717, 1.165) is 0 Å². The van der Waals surface area contributed by atoms with E-state index in [-0.39, 0.29) is 15.5 Å². The molecule has 0 aliphatic rings. The number of hydrogen-bond acceptors (Lipinski definition) is 5. The molecule has 0 saturated heterocycles. The van der Waals surface area contributed by atoms with Crippen molar-refractivity contribution in [2.45, 2.75) is 9.79 Å². The summed E-state index contributed by atoms with van der Waals surface area (Å²) >= 11 is 0. The zero-order valence-corrected chi connectivity index (χ0v) is 12.4. The van der Waals surface area contributed by atoms with Gasteiger partial charge < -0.3 is 5.11 Å². The Balaban J connectivity index is 2.31. The van der Waals surface area contributed by atoms with Gasteiger partial charge in [-0.05, 0) is 48.5 Å². The van der Waals surface area contributed by atoms with E-state index in [2.05, 4.69) is 10.3 Å². The normalized spacial score (nSPS) is 11.7. The highest BCUT2D eigenvalue weighted by molar-refractivity contribution is 7.91. The summed E-state index contributed by atoms with van der Waals surface area (Å²) in [5, 5.41) is 18.5. The van der Waals surface area contributed by atoms with E-state index >= 15 is 0 Å². The van der Waals surface area contributed by atoms with Crippen LogP contribution < -0.4 is 0 Å². The standard InChI is InChI=1S/C14H15N3O3S/c1-17(2)16-15-11-3-7-13(8-4-11)21(19,20)14-9-5-12(18)6-10-14/h3-10,18H,1-2H3. The van der Waals surface area contributed by atoms with Gasteiger partial charge in [-0.15, -0.1) is 5.11 Å². The predicted octanol–water partition coefficient (Wildman–Crippen LogP) is 2.79. The van der Waals surface area contributed by atoms with Crippen LogP contribution in [0.25, 0.3) is 0 Å². The molecule has 0 amide bonds. The summed E-state index contributed by atoms with van der Waals surface area (Å²) in [4.78, 5) is 0.292. The first-order valence-electron chi connectivity index (χ1n) is 6.13. The molecule has 2 aromatic rings. The van der Waals surface area contributed by atoms with E-state index in [9.17, 15) is 13.5 Å². The van der Waals surface area contributed by atoms with Crippen molar-refractivity contribution in [2.24, 2.45) is 10.3 Å². The van der Waals surface area contributed by atoms with Crippen LogP contribution in [0.15, 0.2) is 68.7 Å². The molecule has 2 rings (SSSR count). The molecule has 0 fully saturated rings. The Hall–Kier alpha value is -2.41. The number of phenolic OH excluding ortho intramolecular Hbond substituents is 1. The molecular formula is C14H15N3O3S. The molecule has 0 radical (unpaired) electrons. The fourth-order valence-corrected chi connectivity index (χ4v) is 2.86. The first kappa shape index (κ1) is 15.0. The predicted molar refractivity (Wildman–Crippen MR) is 78.2 cm³/mol. The third-order valence-corrected chi connectivity index (χ3v) is 4.42. The number of aromatic hydroxyl groups is 1. The summed E-state index contributed by atoms with van der Waals surface area (Å²) in [7, 11) is -0.111. The van der Waals surface area contributed by atoms with Gasteiger partial charge in [-0.2, -0.15) is 0 Å². The third kappa shape index (κ3) is 3.57. The first-order chi connectivity index (χ1) is 9.89. The SMILES string of the molecule is CN(C)N=Nc1ccc(S(=O)(=O)c2ccc(O)cc2)cc1. The van der Waals surface area contributed by atoms with Crippen LogP contribution in [0.4, 0.5) is 5.69 Å². The molecule has 110 valence electrons. The highest BCUT2D eigenvalue weighted by Gasteiger charge is 2.17. The first-order valence-corrected chi connectivity index (χ1v) is 7.61. The van der Waals surface area contributed by atoms with E-state index in [0.29, 0.717) is 5.69 Å². The van der Waals surface area contributed by atoms with Gasteiger partial charge in [0.1, 0.15) is 5.75 Å². The second-order valence-corrected chi connectivity index (χ2v) is 6.48. The largest absolute Gasteiger partial charge is 0.508 e. The topological polar surface area (TPSA) is 82.3 Å². The van der Waals surface area contributed by atoms with Crippen molar-refractivity contribution in [3.63, 3.8) is 0 Å². The molecule has 0 bridgehead atoms. The van der Waals surface area contributed by atoms with Crippen LogP contribution in [0.3, 0.4) is 0 Å². The van der Waals surface area contributed by atoms with Gasteiger partial charge in [-0.3, -0.25) is 5.01 Å².